The van der Waals surface area contributed by atoms with Gasteiger partial charge in [-0.2, -0.15) is 0 Å². The SMILES string of the molecule is COCCOc1cc(NC(=O)C(C)Oc2ccc(Cl)cc2C)ccc1OC. The van der Waals surface area contributed by atoms with Gasteiger partial charge in [0.05, 0.1) is 13.7 Å². The molecule has 0 saturated carbocycles. The van der Waals surface area contributed by atoms with Gasteiger partial charge in [-0.05, 0) is 49.7 Å². The van der Waals surface area contributed by atoms with Crippen LogP contribution in [0.25, 0.3) is 0 Å². The van der Waals surface area contributed by atoms with E-state index in [4.69, 9.17) is 30.5 Å². The van der Waals surface area contributed by atoms with Gasteiger partial charge in [0, 0.05) is 23.9 Å². The maximum absolute atomic E-state index is 12.5. The lowest BCUT2D eigenvalue weighted by Crippen LogP contribution is -2.30. The number of amides is 1. The molecule has 2 aromatic carbocycles. The molecule has 7 heteroatoms. The van der Waals surface area contributed by atoms with E-state index in [0.717, 1.165) is 5.56 Å². The highest BCUT2D eigenvalue weighted by atomic mass is 35.5. The Labute approximate surface area is 164 Å². The standard InChI is InChI=1S/C20H24ClNO5/c1-13-11-15(21)5-7-17(13)27-14(2)20(23)22-16-6-8-18(25-4)19(12-16)26-10-9-24-3/h5-8,11-12,14H,9-10H2,1-4H3,(H,22,23). The number of carbonyl (C=O) groups excluding carboxylic acids is 1. The Hall–Kier alpha value is -2.44. The molecular weight excluding hydrogens is 370 g/mol. The Morgan fingerprint density at radius 2 is 1.81 bits per heavy atom. The molecule has 0 aliphatic carbocycles. The Balaban J connectivity index is 2.04. The molecule has 0 heterocycles. The van der Waals surface area contributed by atoms with Crippen LogP contribution in [0.4, 0.5) is 5.69 Å². The number of rotatable bonds is 9. The average Bonchev–Trinajstić information content (AvgIpc) is 2.64. The van der Waals surface area contributed by atoms with E-state index in [1.807, 2.05) is 6.92 Å². The Kier molecular flexibility index (Phi) is 7.76. The molecule has 0 aliphatic rings. The van der Waals surface area contributed by atoms with Gasteiger partial charge in [-0.15, -0.1) is 0 Å². The van der Waals surface area contributed by atoms with E-state index in [9.17, 15) is 4.79 Å². The van der Waals surface area contributed by atoms with E-state index >= 15 is 0 Å². The Morgan fingerprint density at radius 1 is 1.07 bits per heavy atom. The number of carbonyl (C=O) groups is 1. The summed E-state index contributed by atoms with van der Waals surface area (Å²) < 4.78 is 21.6. The van der Waals surface area contributed by atoms with Crippen molar-refractivity contribution in [2.24, 2.45) is 0 Å². The minimum absolute atomic E-state index is 0.280. The third kappa shape index (κ3) is 6.05. The smallest absolute Gasteiger partial charge is 0.265 e. The van der Waals surface area contributed by atoms with Crippen molar-refractivity contribution < 1.29 is 23.7 Å². The molecule has 0 aromatic heterocycles. The fourth-order valence-electron chi connectivity index (χ4n) is 2.34. The summed E-state index contributed by atoms with van der Waals surface area (Å²) in [6.45, 7) is 4.38. The van der Waals surface area contributed by atoms with Gasteiger partial charge in [-0.3, -0.25) is 4.79 Å². The number of hydrogen-bond donors (Lipinski definition) is 1. The lowest BCUT2D eigenvalue weighted by molar-refractivity contribution is -0.122. The van der Waals surface area contributed by atoms with E-state index in [2.05, 4.69) is 5.32 Å². The van der Waals surface area contributed by atoms with Crippen molar-refractivity contribution in [1.29, 1.82) is 0 Å². The molecule has 146 valence electrons. The van der Waals surface area contributed by atoms with E-state index in [-0.39, 0.29) is 5.91 Å². The first-order valence-corrected chi connectivity index (χ1v) is 8.86. The first-order valence-electron chi connectivity index (χ1n) is 8.48. The second kappa shape index (κ2) is 10.0. The molecule has 0 fully saturated rings. The summed E-state index contributed by atoms with van der Waals surface area (Å²) in [5, 5.41) is 3.44. The van der Waals surface area contributed by atoms with Crippen LogP contribution in [0, 0.1) is 6.92 Å². The maximum atomic E-state index is 12.5. The van der Waals surface area contributed by atoms with Gasteiger partial charge in [-0.1, -0.05) is 11.6 Å². The second-order valence-electron chi connectivity index (χ2n) is 5.87. The molecule has 0 bridgehead atoms. The molecule has 1 atom stereocenters. The van der Waals surface area contributed by atoms with Crippen molar-refractivity contribution >= 4 is 23.2 Å². The van der Waals surface area contributed by atoms with Crippen molar-refractivity contribution in [2.45, 2.75) is 20.0 Å². The molecular formula is C20H24ClNO5. The number of methoxy groups -OCH3 is 2. The van der Waals surface area contributed by atoms with E-state index in [0.29, 0.717) is 41.2 Å². The third-order valence-corrected chi connectivity index (χ3v) is 4.02. The summed E-state index contributed by atoms with van der Waals surface area (Å²) in [6.07, 6.45) is -0.690. The highest BCUT2D eigenvalue weighted by Gasteiger charge is 2.17. The summed E-state index contributed by atoms with van der Waals surface area (Å²) in [4.78, 5) is 12.5. The molecule has 0 radical (unpaired) electrons. The van der Waals surface area contributed by atoms with Crippen LogP contribution in [-0.2, 0) is 9.53 Å². The van der Waals surface area contributed by atoms with Crippen molar-refractivity contribution in [2.75, 3.05) is 32.8 Å². The van der Waals surface area contributed by atoms with Crippen LogP contribution in [0.1, 0.15) is 12.5 Å². The summed E-state index contributed by atoms with van der Waals surface area (Å²) in [6, 6.07) is 10.4. The monoisotopic (exact) mass is 393 g/mol. The lowest BCUT2D eigenvalue weighted by atomic mass is 10.2. The molecule has 27 heavy (non-hydrogen) atoms. The summed E-state index contributed by atoms with van der Waals surface area (Å²) >= 11 is 5.94. The number of halogens is 1. The molecule has 0 saturated heterocycles. The van der Waals surface area contributed by atoms with Gasteiger partial charge in [0.1, 0.15) is 12.4 Å². The molecule has 0 aliphatic heterocycles. The zero-order valence-corrected chi connectivity index (χ0v) is 16.6. The van der Waals surface area contributed by atoms with Gasteiger partial charge >= 0.3 is 0 Å². The lowest BCUT2D eigenvalue weighted by Gasteiger charge is -2.17. The molecule has 6 nitrogen and oxygen atoms in total. The van der Waals surface area contributed by atoms with E-state index in [1.54, 1.807) is 57.5 Å². The Bertz CT molecular complexity index is 781. The predicted molar refractivity (Wildman–Crippen MR) is 105 cm³/mol. The van der Waals surface area contributed by atoms with Gasteiger partial charge < -0.3 is 24.3 Å². The van der Waals surface area contributed by atoms with Crippen LogP contribution in [0.2, 0.25) is 5.02 Å². The summed E-state index contributed by atoms with van der Waals surface area (Å²) in [5.74, 6) is 1.43. The van der Waals surface area contributed by atoms with Crippen molar-refractivity contribution in [3.05, 3.63) is 47.0 Å². The molecule has 1 amide bonds. The zero-order valence-electron chi connectivity index (χ0n) is 15.9. The number of nitrogens with one attached hydrogen (secondary N) is 1. The van der Waals surface area contributed by atoms with Crippen LogP contribution in [0.5, 0.6) is 17.2 Å². The highest BCUT2D eigenvalue weighted by molar-refractivity contribution is 6.30. The van der Waals surface area contributed by atoms with Crippen LogP contribution in [0.15, 0.2) is 36.4 Å². The Morgan fingerprint density at radius 3 is 2.48 bits per heavy atom. The fourth-order valence-corrected chi connectivity index (χ4v) is 2.56. The van der Waals surface area contributed by atoms with Crippen molar-refractivity contribution in [3.8, 4) is 17.2 Å². The quantitative estimate of drug-likeness (QED) is 0.650. The first-order chi connectivity index (χ1) is 12.9. The number of benzene rings is 2. The van der Waals surface area contributed by atoms with Gasteiger partial charge in [0.2, 0.25) is 0 Å². The molecule has 2 aromatic rings. The van der Waals surface area contributed by atoms with Gasteiger partial charge in [0.25, 0.3) is 5.91 Å². The van der Waals surface area contributed by atoms with Crippen LogP contribution in [-0.4, -0.2) is 39.4 Å². The molecule has 2 rings (SSSR count). The first kappa shape index (κ1) is 20.9. The molecule has 0 spiro atoms. The number of aryl methyl sites for hydroxylation is 1. The van der Waals surface area contributed by atoms with Crippen LogP contribution < -0.4 is 19.5 Å². The van der Waals surface area contributed by atoms with E-state index < -0.39 is 6.10 Å². The van der Waals surface area contributed by atoms with E-state index in [1.165, 1.54) is 0 Å². The average molecular weight is 394 g/mol. The third-order valence-electron chi connectivity index (χ3n) is 3.79. The minimum Gasteiger partial charge on any atom is -0.493 e. The zero-order chi connectivity index (χ0) is 19.8. The van der Waals surface area contributed by atoms with Crippen LogP contribution in [0.3, 0.4) is 0 Å². The normalized spacial score (nSPS) is 11.6. The minimum atomic E-state index is -0.690. The fraction of sp³-hybridized carbons (Fsp3) is 0.350. The summed E-state index contributed by atoms with van der Waals surface area (Å²) in [5.41, 5.74) is 1.44. The largest absolute Gasteiger partial charge is 0.493 e. The van der Waals surface area contributed by atoms with Crippen molar-refractivity contribution in [1.82, 2.24) is 0 Å². The topological polar surface area (TPSA) is 66.0 Å². The highest BCUT2D eigenvalue weighted by Crippen LogP contribution is 2.30. The van der Waals surface area contributed by atoms with Crippen molar-refractivity contribution in [3.63, 3.8) is 0 Å². The van der Waals surface area contributed by atoms with Crippen LogP contribution >= 0.6 is 11.6 Å². The van der Waals surface area contributed by atoms with Gasteiger partial charge in [-0.25, -0.2) is 0 Å². The van der Waals surface area contributed by atoms with Gasteiger partial charge in [0.15, 0.2) is 17.6 Å². The maximum Gasteiger partial charge on any atom is 0.265 e. The molecule has 1 N–H and O–H groups in total. The predicted octanol–water partition coefficient (Wildman–Crippen LogP) is 4.09. The molecule has 1 unspecified atom stereocenters. The number of ether oxygens (including phenoxy) is 4. The second-order valence-corrected chi connectivity index (χ2v) is 6.30. The number of anilines is 1. The number of hydrogen-bond acceptors (Lipinski definition) is 5. The summed E-state index contributed by atoms with van der Waals surface area (Å²) in [7, 11) is 3.15.